The first kappa shape index (κ1) is 26.4. The maximum atomic E-state index is 12.9. The number of nitrogens with zero attached hydrogens (tertiary/aromatic N) is 2. The molecular weight excluding hydrogens is 588 g/mol. The highest BCUT2D eigenvalue weighted by atomic mass is 79.9. The Labute approximate surface area is 224 Å². The molecule has 0 N–H and O–H groups in total. The highest BCUT2D eigenvalue weighted by Crippen LogP contribution is 2.40. The summed E-state index contributed by atoms with van der Waals surface area (Å²) in [6.07, 6.45) is 1.50. The predicted molar refractivity (Wildman–Crippen MR) is 140 cm³/mol. The van der Waals surface area contributed by atoms with Crippen LogP contribution in [0.3, 0.4) is 0 Å². The molecule has 37 heavy (non-hydrogen) atoms. The van der Waals surface area contributed by atoms with Gasteiger partial charge in [0.15, 0.2) is 11.5 Å². The van der Waals surface area contributed by atoms with Crippen LogP contribution in [0.2, 0.25) is 0 Å². The van der Waals surface area contributed by atoms with Gasteiger partial charge in [0.1, 0.15) is 4.90 Å². The Kier molecular flexibility index (Phi) is 7.66. The molecule has 4 rings (SSSR count). The summed E-state index contributed by atoms with van der Waals surface area (Å²) in [4.78, 5) is 36.6. The first-order chi connectivity index (χ1) is 17.6. The van der Waals surface area contributed by atoms with Crippen LogP contribution in [0.15, 0.2) is 81.0 Å². The van der Waals surface area contributed by atoms with Crippen molar-refractivity contribution in [2.45, 2.75) is 11.4 Å². The number of thioether (sulfide) groups is 1. The number of methoxy groups -OCH3 is 1. The second-order valence-corrected chi connectivity index (χ2v) is 11.0. The van der Waals surface area contributed by atoms with Gasteiger partial charge >= 0.3 is 10.1 Å². The Balaban J connectivity index is 1.59. The Bertz CT molecular complexity index is 1520. The Morgan fingerprint density at radius 2 is 1.76 bits per heavy atom. The number of carbonyl (C=O) groups excluding carboxylic acids is 2. The third-order valence-corrected chi connectivity index (χ3v) is 7.87. The minimum atomic E-state index is -4.36. The van der Waals surface area contributed by atoms with E-state index in [4.69, 9.17) is 8.92 Å². The van der Waals surface area contributed by atoms with Crippen LogP contribution in [0.1, 0.15) is 11.1 Å². The molecule has 10 nitrogen and oxygen atoms in total. The predicted octanol–water partition coefficient (Wildman–Crippen LogP) is 5.37. The summed E-state index contributed by atoms with van der Waals surface area (Å²) in [5.41, 5.74) is 0.996. The fourth-order valence-electron chi connectivity index (χ4n) is 3.35. The van der Waals surface area contributed by atoms with Gasteiger partial charge in [0.25, 0.3) is 16.8 Å². The zero-order chi connectivity index (χ0) is 26.7. The van der Waals surface area contributed by atoms with E-state index in [2.05, 4.69) is 15.9 Å². The van der Waals surface area contributed by atoms with Crippen molar-refractivity contribution in [3.63, 3.8) is 0 Å². The van der Waals surface area contributed by atoms with Gasteiger partial charge in [0.2, 0.25) is 0 Å². The lowest BCUT2D eigenvalue weighted by Crippen LogP contribution is -2.27. The van der Waals surface area contributed by atoms with Gasteiger partial charge in [-0.1, -0.05) is 30.3 Å². The molecule has 1 saturated heterocycles. The third kappa shape index (κ3) is 5.84. The fourth-order valence-corrected chi connectivity index (χ4v) is 5.79. The number of halogens is 1. The first-order valence-corrected chi connectivity index (χ1v) is 13.5. The zero-order valence-electron chi connectivity index (χ0n) is 19.0. The van der Waals surface area contributed by atoms with Crippen molar-refractivity contribution in [2.75, 3.05) is 7.11 Å². The molecule has 0 spiro atoms. The Morgan fingerprint density at radius 1 is 1.08 bits per heavy atom. The van der Waals surface area contributed by atoms with Crippen LogP contribution < -0.4 is 8.92 Å². The average Bonchev–Trinajstić information content (AvgIpc) is 3.13. The topological polar surface area (TPSA) is 133 Å². The summed E-state index contributed by atoms with van der Waals surface area (Å²) < 4.78 is 36.3. The lowest BCUT2D eigenvalue weighted by atomic mass is 10.1. The molecule has 1 aliphatic rings. The molecule has 13 heteroatoms. The van der Waals surface area contributed by atoms with E-state index in [1.807, 2.05) is 30.3 Å². The minimum absolute atomic E-state index is 0.0367. The van der Waals surface area contributed by atoms with Gasteiger partial charge < -0.3 is 8.92 Å². The molecule has 0 aliphatic carbocycles. The average molecular weight is 605 g/mol. The molecule has 0 atom stereocenters. The molecule has 3 aromatic rings. The number of imide groups is 1. The van der Waals surface area contributed by atoms with E-state index in [0.29, 0.717) is 5.56 Å². The summed E-state index contributed by atoms with van der Waals surface area (Å²) in [7, 11) is -3.05. The van der Waals surface area contributed by atoms with Crippen LogP contribution in [0.25, 0.3) is 6.08 Å². The molecule has 1 heterocycles. The second-order valence-electron chi connectivity index (χ2n) is 7.58. The van der Waals surface area contributed by atoms with E-state index in [9.17, 15) is 28.1 Å². The number of rotatable bonds is 8. The van der Waals surface area contributed by atoms with Crippen LogP contribution >= 0.6 is 27.7 Å². The van der Waals surface area contributed by atoms with E-state index in [-0.39, 0.29) is 38.0 Å². The summed E-state index contributed by atoms with van der Waals surface area (Å²) in [5, 5.41) is 10.4. The highest BCUT2D eigenvalue weighted by Gasteiger charge is 2.35. The van der Waals surface area contributed by atoms with E-state index < -0.39 is 26.2 Å². The molecule has 0 radical (unpaired) electrons. The van der Waals surface area contributed by atoms with Crippen LogP contribution in [-0.4, -0.2) is 36.5 Å². The highest BCUT2D eigenvalue weighted by molar-refractivity contribution is 9.10. The monoisotopic (exact) mass is 604 g/mol. The van der Waals surface area contributed by atoms with Crippen molar-refractivity contribution in [3.05, 3.63) is 97.3 Å². The van der Waals surface area contributed by atoms with Crippen molar-refractivity contribution in [2.24, 2.45) is 0 Å². The van der Waals surface area contributed by atoms with Crippen LogP contribution in [0.4, 0.5) is 10.5 Å². The SMILES string of the molecule is COc1cc(/C=C2\SC(=O)N(Cc3ccccc3)C2=O)cc(Br)c1OS(=O)(=O)c1ccc([N+](=O)[O-])cc1. The summed E-state index contributed by atoms with van der Waals surface area (Å²) in [6, 6.07) is 16.3. The zero-order valence-corrected chi connectivity index (χ0v) is 22.2. The van der Waals surface area contributed by atoms with Crippen molar-refractivity contribution < 1.29 is 31.9 Å². The number of hydrogen-bond acceptors (Lipinski definition) is 9. The minimum Gasteiger partial charge on any atom is -0.493 e. The molecule has 3 aromatic carbocycles. The number of hydrogen-bond donors (Lipinski definition) is 0. The quantitative estimate of drug-likeness (QED) is 0.144. The van der Waals surface area contributed by atoms with Crippen LogP contribution in [0, 0.1) is 10.1 Å². The number of carbonyl (C=O) groups is 2. The maximum absolute atomic E-state index is 12.9. The Morgan fingerprint density at radius 3 is 2.38 bits per heavy atom. The summed E-state index contributed by atoms with van der Waals surface area (Å²) in [5.74, 6) is -0.570. The lowest BCUT2D eigenvalue weighted by molar-refractivity contribution is -0.384. The molecule has 0 bridgehead atoms. The van der Waals surface area contributed by atoms with E-state index in [1.165, 1.54) is 25.3 Å². The molecule has 1 aliphatic heterocycles. The van der Waals surface area contributed by atoms with E-state index in [1.54, 1.807) is 0 Å². The smallest absolute Gasteiger partial charge is 0.339 e. The molecule has 190 valence electrons. The summed E-state index contributed by atoms with van der Waals surface area (Å²) in [6.45, 7) is 0.142. The van der Waals surface area contributed by atoms with Crippen molar-refractivity contribution in [3.8, 4) is 11.5 Å². The van der Waals surface area contributed by atoms with Gasteiger partial charge in [-0.05, 0) is 69.2 Å². The molecule has 1 fully saturated rings. The van der Waals surface area contributed by atoms with Gasteiger partial charge in [-0.15, -0.1) is 0 Å². The van der Waals surface area contributed by atoms with Gasteiger partial charge in [0, 0.05) is 12.1 Å². The standard InChI is InChI=1S/C24H17BrN2O8S2/c1-34-20-12-16(13-21-23(28)26(24(29)36-21)14-15-5-3-2-4-6-15)11-19(25)22(20)35-37(32,33)18-9-7-17(8-10-18)27(30)31/h2-13H,14H2,1H3/b21-13-. The fraction of sp³-hybridized carbons (Fsp3) is 0.0833. The Hall–Kier alpha value is -3.68. The largest absolute Gasteiger partial charge is 0.493 e. The third-order valence-electron chi connectivity index (χ3n) is 5.14. The number of benzene rings is 3. The first-order valence-electron chi connectivity index (χ1n) is 10.4. The van der Waals surface area contributed by atoms with Gasteiger partial charge in [-0.2, -0.15) is 8.42 Å². The molecule has 0 saturated carbocycles. The molecule has 2 amide bonds. The molecular formula is C24H17BrN2O8S2. The summed E-state index contributed by atoms with van der Waals surface area (Å²) >= 11 is 4.07. The van der Waals surface area contributed by atoms with Gasteiger partial charge in [0.05, 0.1) is 28.0 Å². The van der Waals surface area contributed by atoms with Gasteiger partial charge in [-0.25, -0.2) is 0 Å². The maximum Gasteiger partial charge on any atom is 0.339 e. The van der Waals surface area contributed by atoms with Crippen molar-refractivity contribution in [1.29, 1.82) is 0 Å². The van der Waals surface area contributed by atoms with E-state index in [0.717, 1.165) is 46.5 Å². The normalized spacial score (nSPS) is 14.8. The number of nitro benzene ring substituents is 1. The molecule has 0 aromatic heterocycles. The number of nitro groups is 1. The number of non-ortho nitro benzene ring substituents is 1. The lowest BCUT2D eigenvalue weighted by Gasteiger charge is -2.14. The van der Waals surface area contributed by atoms with Crippen molar-refractivity contribution in [1.82, 2.24) is 4.90 Å². The van der Waals surface area contributed by atoms with Gasteiger partial charge in [-0.3, -0.25) is 24.6 Å². The van der Waals surface area contributed by atoms with E-state index >= 15 is 0 Å². The second kappa shape index (κ2) is 10.7. The molecule has 0 unspecified atom stereocenters. The van der Waals surface area contributed by atoms with Crippen molar-refractivity contribution >= 4 is 60.7 Å². The van der Waals surface area contributed by atoms with Crippen LogP contribution in [0.5, 0.6) is 11.5 Å². The van der Waals surface area contributed by atoms with Crippen LogP contribution in [-0.2, 0) is 21.5 Å². The number of amides is 2. The number of ether oxygens (including phenoxy) is 1.